The van der Waals surface area contributed by atoms with Crippen LogP contribution in [0.3, 0.4) is 0 Å². The maximum atomic E-state index is 13.7. The van der Waals surface area contributed by atoms with Crippen LogP contribution in [0.5, 0.6) is 0 Å². The molecule has 0 amide bonds. The van der Waals surface area contributed by atoms with Gasteiger partial charge in [-0.25, -0.2) is 4.39 Å². The highest BCUT2D eigenvalue weighted by Crippen LogP contribution is 2.37. The van der Waals surface area contributed by atoms with E-state index in [0.717, 1.165) is 30.2 Å². The minimum Gasteiger partial charge on any atom is -0.206 e. The van der Waals surface area contributed by atoms with Crippen molar-refractivity contribution in [2.45, 2.75) is 77.0 Å². The first-order valence-electron chi connectivity index (χ1n) is 11.0. The number of halogens is 1. The van der Waals surface area contributed by atoms with Gasteiger partial charge in [0, 0.05) is 0 Å². The van der Waals surface area contributed by atoms with Gasteiger partial charge in [-0.05, 0) is 79.2 Å². The highest BCUT2D eigenvalue weighted by atomic mass is 19.1. The fourth-order valence-electron chi connectivity index (χ4n) is 4.52. The lowest BCUT2D eigenvalue weighted by molar-refractivity contribution is 0.303. The Kier molecular flexibility index (Phi) is 7.66. The molecular formula is C26H32FN. The molecule has 1 nitrogen and oxygen atoms in total. The molecule has 0 spiro atoms. The fraction of sp³-hybridized carbons (Fsp3) is 0.500. The molecule has 1 fully saturated rings. The van der Waals surface area contributed by atoms with E-state index in [1.165, 1.54) is 68.6 Å². The fourth-order valence-corrected chi connectivity index (χ4v) is 4.52. The van der Waals surface area contributed by atoms with E-state index < -0.39 is 5.82 Å². The first-order valence-corrected chi connectivity index (χ1v) is 11.0. The molecule has 28 heavy (non-hydrogen) atoms. The van der Waals surface area contributed by atoms with Gasteiger partial charge < -0.3 is 0 Å². The van der Waals surface area contributed by atoms with Gasteiger partial charge in [0.1, 0.15) is 11.9 Å². The minimum absolute atomic E-state index is 0.119. The topological polar surface area (TPSA) is 23.8 Å². The van der Waals surface area contributed by atoms with Gasteiger partial charge in [0.2, 0.25) is 0 Å². The van der Waals surface area contributed by atoms with Crippen LogP contribution in [0.15, 0.2) is 42.5 Å². The molecule has 1 aliphatic rings. The Morgan fingerprint density at radius 2 is 1.61 bits per heavy atom. The monoisotopic (exact) mass is 377 g/mol. The Labute approximate surface area is 169 Å². The molecule has 0 aliphatic heterocycles. The summed E-state index contributed by atoms with van der Waals surface area (Å²) in [6.45, 7) is 2.28. The van der Waals surface area contributed by atoms with Gasteiger partial charge in [-0.3, -0.25) is 0 Å². The summed E-state index contributed by atoms with van der Waals surface area (Å²) in [6, 6.07) is 15.9. The summed E-state index contributed by atoms with van der Waals surface area (Å²) in [5, 5.41) is 8.82. The van der Waals surface area contributed by atoms with Crippen LogP contribution < -0.4 is 0 Å². The van der Waals surface area contributed by atoms with E-state index in [-0.39, 0.29) is 5.56 Å². The van der Waals surface area contributed by atoms with Crippen molar-refractivity contribution in [3.8, 4) is 6.07 Å². The second-order valence-electron chi connectivity index (χ2n) is 8.38. The Hall–Kier alpha value is -2.14. The lowest BCUT2D eigenvalue weighted by Crippen LogP contribution is -2.13. The number of hydrogen-bond donors (Lipinski definition) is 0. The van der Waals surface area contributed by atoms with Crippen LogP contribution in [0, 0.1) is 23.1 Å². The van der Waals surface area contributed by atoms with Crippen LogP contribution in [-0.4, -0.2) is 0 Å². The van der Waals surface area contributed by atoms with Crippen LogP contribution in [0.1, 0.15) is 86.5 Å². The first-order chi connectivity index (χ1) is 13.7. The van der Waals surface area contributed by atoms with Crippen molar-refractivity contribution < 1.29 is 4.39 Å². The molecule has 0 heterocycles. The highest BCUT2D eigenvalue weighted by Gasteiger charge is 2.21. The number of aryl methyl sites for hydroxylation is 2. The second kappa shape index (κ2) is 10.4. The Balaban J connectivity index is 1.48. The molecule has 3 rings (SSSR count). The Bertz CT molecular complexity index is 779. The van der Waals surface area contributed by atoms with Gasteiger partial charge in [0.05, 0.1) is 5.56 Å². The molecule has 2 aromatic rings. The summed E-state index contributed by atoms with van der Waals surface area (Å²) < 4.78 is 13.7. The van der Waals surface area contributed by atoms with E-state index in [2.05, 4.69) is 31.2 Å². The molecule has 0 atom stereocenters. The third-order valence-electron chi connectivity index (χ3n) is 6.37. The van der Waals surface area contributed by atoms with Crippen molar-refractivity contribution in [1.29, 1.82) is 5.26 Å². The average molecular weight is 378 g/mol. The van der Waals surface area contributed by atoms with E-state index >= 15 is 0 Å². The van der Waals surface area contributed by atoms with Crippen molar-refractivity contribution >= 4 is 0 Å². The Morgan fingerprint density at radius 3 is 2.25 bits per heavy atom. The summed E-state index contributed by atoms with van der Waals surface area (Å²) in [6.07, 6.45) is 12.7. The molecule has 0 aromatic heterocycles. The predicted molar refractivity (Wildman–Crippen MR) is 114 cm³/mol. The number of nitriles is 1. The van der Waals surface area contributed by atoms with Crippen molar-refractivity contribution in [2.24, 2.45) is 5.92 Å². The van der Waals surface area contributed by atoms with Gasteiger partial charge >= 0.3 is 0 Å². The number of nitrogens with zero attached hydrogens (tertiary/aromatic N) is 1. The third-order valence-corrected chi connectivity index (χ3v) is 6.37. The van der Waals surface area contributed by atoms with Crippen molar-refractivity contribution in [3.63, 3.8) is 0 Å². The lowest BCUT2D eigenvalue weighted by atomic mass is 9.77. The normalized spacial score (nSPS) is 19.3. The summed E-state index contributed by atoms with van der Waals surface area (Å²) in [4.78, 5) is 0. The second-order valence-corrected chi connectivity index (χ2v) is 8.38. The van der Waals surface area contributed by atoms with Crippen molar-refractivity contribution in [2.75, 3.05) is 0 Å². The SMILES string of the molecule is CCCCCC1CCC(c2ccc(CCc3ccc(C#N)c(F)c3)cc2)CC1. The molecule has 2 heteroatoms. The van der Waals surface area contributed by atoms with Crippen molar-refractivity contribution in [3.05, 3.63) is 70.5 Å². The molecule has 1 aliphatic carbocycles. The summed E-state index contributed by atoms with van der Waals surface area (Å²) in [7, 11) is 0. The van der Waals surface area contributed by atoms with Crippen LogP contribution in [0.2, 0.25) is 0 Å². The van der Waals surface area contributed by atoms with Gasteiger partial charge in [-0.2, -0.15) is 5.26 Å². The van der Waals surface area contributed by atoms with E-state index in [1.54, 1.807) is 6.07 Å². The highest BCUT2D eigenvalue weighted by molar-refractivity contribution is 5.34. The maximum Gasteiger partial charge on any atom is 0.141 e. The predicted octanol–water partition coefficient (Wildman–Crippen LogP) is 7.34. The quantitative estimate of drug-likeness (QED) is 0.442. The summed E-state index contributed by atoms with van der Waals surface area (Å²) in [5.41, 5.74) is 3.84. The van der Waals surface area contributed by atoms with Gasteiger partial charge in [-0.15, -0.1) is 0 Å². The zero-order chi connectivity index (χ0) is 19.8. The van der Waals surface area contributed by atoms with Crippen LogP contribution in [0.4, 0.5) is 4.39 Å². The van der Waals surface area contributed by atoms with E-state index in [0.29, 0.717) is 0 Å². The van der Waals surface area contributed by atoms with Gasteiger partial charge in [-0.1, -0.05) is 62.9 Å². The molecule has 0 bridgehead atoms. The number of rotatable bonds is 8. The number of benzene rings is 2. The zero-order valence-corrected chi connectivity index (χ0v) is 17.1. The average Bonchev–Trinajstić information content (AvgIpc) is 2.73. The maximum absolute atomic E-state index is 13.7. The summed E-state index contributed by atoms with van der Waals surface area (Å²) >= 11 is 0. The van der Waals surface area contributed by atoms with Crippen LogP contribution >= 0.6 is 0 Å². The van der Waals surface area contributed by atoms with E-state index in [4.69, 9.17) is 5.26 Å². The lowest BCUT2D eigenvalue weighted by Gasteiger charge is -2.29. The molecule has 0 radical (unpaired) electrons. The molecule has 1 saturated carbocycles. The third kappa shape index (κ3) is 5.68. The summed E-state index contributed by atoms with van der Waals surface area (Å²) in [5.74, 6) is 1.26. The van der Waals surface area contributed by atoms with Crippen molar-refractivity contribution in [1.82, 2.24) is 0 Å². The molecule has 0 N–H and O–H groups in total. The van der Waals surface area contributed by atoms with Crippen LogP contribution in [-0.2, 0) is 12.8 Å². The zero-order valence-electron chi connectivity index (χ0n) is 17.1. The Morgan fingerprint density at radius 1 is 0.929 bits per heavy atom. The minimum atomic E-state index is -0.416. The smallest absolute Gasteiger partial charge is 0.141 e. The molecule has 148 valence electrons. The van der Waals surface area contributed by atoms with E-state index in [9.17, 15) is 4.39 Å². The van der Waals surface area contributed by atoms with Crippen LogP contribution in [0.25, 0.3) is 0 Å². The number of unbranched alkanes of at least 4 members (excludes halogenated alkanes) is 2. The van der Waals surface area contributed by atoms with Gasteiger partial charge in [0.25, 0.3) is 0 Å². The standard InChI is InChI=1S/C26H32FN/c1-2-3-4-5-20-8-13-23(14-9-20)24-15-10-21(11-16-24)6-7-22-12-17-25(19-28)26(27)18-22/h10-12,15-18,20,23H,2-9,13-14H2,1H3. The number of hydrogen-bond acceptors (Lipinski definition) is 1. The molecular weight excluding hydrogens is 345 g/mol. The largest absolute Gasteiger partial charge is 0.206 e. The molecule has 0 unspecified atom stereocenters. The molecule has 0 saturated heterocycles. The van der Waals surface area contributed by atoms with E-state index in [1.807, 2.05) is 12.1 Å². The molecule has 2 aromatic carbocycles. The first kappa shape index (κ1) is 20.6. The van der Waals surface area contributed by atoms with Gasteiger partial charge in [0.15, 0.2) is 0 Å².